The third-order valence-corrected chi connectivity index (χ3v) is 5.24. The third-order valence-electron chi connectivity index (χ3n) is 5.24. The zero-order valence-electron chi connectivity index (χ0n) is 18.6. The topological polar surface area (TPSA) is 147 Å². The lowest BCUT2D eigenvalue weighted by molar-refractivity contribution is -0.143. The Bertz CT molecular complexity index is 826. The molecule has 0 bridgehead atoms. The van der Waals surface area contributed by atoms with Crippen molar-refractivity contribution >= 4 is 23.2 Å². The monoisotopic (exact) mass is 448 g/mol. The van der Waals surface area contributed by atoms with Crippen LogP contribution in [0.1, 0.15) is 39.1 Å². The molecule has 4 N–H and O–H groups in total. The van der Waals surface area contributed by atoms with Crippen LogP contribution in [0.25, 0.3) is 0 Å². The second kappa shape index (κ2) is 11.0. The van der Waals surface area contributed by atoms with Gasteiger partial charge >= 0.3 is 0 Å². The van der Waals surface area contributed by atoms with Crippen LogP contribution < -0.4 is 11.5 Å². The minimum atomic E-state index is -0.221. The van der Waals surface area contributed by atoms with Crippen LogP contribution in [0.2, 0.25) is 0 Å². The highest BCUT2D eigenvalue weighted by Gasteiger charge is 2.25. The van der Waals surface area contributed by atoms with Crippen molar-refractivity contribution in [3.8, 4) is 0 Å². The van der Waals surface area contributed by atoms with Crippen molar-refractivity contribution in [3.63, 3.8) is 0 Å². The molecule has 2 aromatic heterocycles. The van der Waals surface area contributed by atoms with Crippen LogP contribution in [-0.4, -0.2) is 80.6 Å². The van der Waals surface area contributed by atoms with Crippen molar-refractivity contribution in [3.05, 3.63) is 24.8 Å². The number of rotatable bonds is 4. The number of anilines is 2. The van der Waals surface area contributed by atoms with Crippen LogP contribution in [-0.2, 0) is 19.1 Å². The fourth-order valence-electron chi connectivity index (χ4n) is 3.50. The smallest absolute Gasteiger partial charge is 0.222 e. The highest BCUT2D eigenvalue weighted by Crippen LogP contribution is 2.17. The Balaban J connectivity index is 0.000000181. The summed E-state index contributed by atoms with van der Waals surface area (Å²) in [5.74, 6) is 0.293. The molecule has 0 spiro atoms. The number of nitrogens with zero attached hydrogens (tertiary/aromatic N) is 6. The second-order valence-corrected chi connectivity index (χ2v) is 7.54. The molecule has 2 aromatic rings. The van der Waals surface area contributed by atoms with E-state index < -0.39 is 0 Å². The molecule has 2 saturated heterocycles. The molecule has 176 valence electrons. The maximum Gasteiger partial charge on any atom is 0.222 e. The molecule has 2 fully saturated rings. The average Bonchev–Trinajstić information content (AvgIpc) is 3.47. The van der Waals surface area contributed by atoms with Gasteiger partial charge in [-0.2, -0.15) is 10.2 Å². The van der Waals surface area contributed by atoms with Gasteiger partial charge < -0.3 is 30.7 Å². The van der Waals surface area contributed by atoms with Gasteiger partial charge in [0.25, 0.3) is 0 Å². The van der Waals surface area contributed by atoms with Gasteiger partial charge in [-0.3, -0.25) is 9.59 Å². The van der Waals surface area contributed by atoms with E-state index in [4.69, 9.17) is 20.9 Å². The van der Waals surface area contributed by atoms with E-state index in [9.17, 15) is 9.59 Å². The molecule has 12 nitrogen and oxygen atoms in total. The molecule has 4 heterocycles. The van der Waals surface area contributed by atoms with Crippen molar-refractivity contribution in [1.29, 1.82) is 0 Å². The number of carbonyl (C=O) groups excluding carboxylic acids is 2. The summed E-state index contributed by atoms with van der Waals surface area (Å²) in [6.07, 6.45) is 7.17. The predicted molar refractivity (Wildman–Crippen MR) is 117 cm³/mol. The molecule has 12 heteroatoms. The Kier molecular flexibility index (Phi) is 8.06. The first-order valence-corrected chi connectivity index (χ1v) is 10.8. The third kappa shape index (κ3) is 5.98. The van der Waals surface area contributed by atoms with E-state index in [0.29, 0.717) is 63.6 Å². The van der Waals surface area contributed by atoms with Crippen LogP contribution in [0.4, 0.5) is 11.4 Å². The molecule has 2 aliphatic heterocycles. The van der Waals surface area contributed by atoms with Crippen molar-refractivity contribution in [1.82, 2.24) is 29.4 Å². The Morgan fingerprint density at radius 2 is 1.28 bits per heavy atom. The molecule has 2 unspecified atom stereocenters. The highest BCUT2D eigenvalue weighted by atomic mass is 16.5. The molecular formula is C20H32N8O4. The average molecular weight is 449 g/mol. The summed E-state index contributed by atoms with van der Waals surface area (Å²) < 4.78 is 14.4. The number of morpholine rings is 2. The van der Waals surface area contributed by atoms with E-state index in [2.05, 4.69) is 10.2 Å². The first-order chi connectivity index (χ1) is 15.4. The van der Waals surface area contributed by atoms with Gasteiger partial charge in [-0.25, -0.2) is 9.36 Å². The lowest BCUT2D eigenvalue weighted by Crippen LogP contribution is -2.43. The van der Waals surface area contributed by atoms with Gasteiger partial charge in [-0.1, -0.05) is 13.8 Å². The standard InChI is InChI=1S/2C10H16N4O2/c2*1-2-9(15)13-3-4-16-10(7-13)14-6-8(11)5-12-14/h2*5-6,10H,2-4,7,11H2,1H3. The SMILES string of the molecule is CCC(=O)N1CCOC(n2cc(N)cn2)C1.CCC(=O)N1CCOC(n2cc(N)cn2)C1. The van der Waals surface area contributed by atoms with Crippen LogP contribution in [0.5, 0.6) is 0 Å². The zero-order valence-corrected chi connectivity index (χ0v) is 18.6. The zero-order chi connectivity index (χ0) is 23.1. The Hall–Kier alpha value is -3.12. The number of hydrogen-bond acceptors (Lipinski definition) is 8. The van der Waals surface area contributed by atoms with Gasteiger partial charge in [0.05, 0.1) is 62.5 Å². The molecule has 4 rings (SSSR count). The Labute approximate surface area is 187 Å². The van der Waals surface area contributed by atoms with Gasteiger partial charge in [-0.15, -0.1) is 0 Å². The number of amides is 2. The summed E-state index contributed by atoms with van der Waals surface area (Å²) >= 11 is 0. The van der Waals surface area contributed by atoms with Crippen molar-refractivity contribution in [2.45, 2.75) is 39.1 Å². The quantitative estimate of drug-likeness (QED) is 0.686. The van der Waals surface area contributed by atoms with Crippen LogP contribution >= 0.6 is 0 Å². The minimum Gasteiger partial charge on any atom is -0.396 e. The van der Waals surface area contributed by atoms with Gasteiger partial charge in [0, 0.05) is 25.9 Å². The van der Waals surface area contributed by atoms with E-state index in [1.54, 1.807) is 44.0 Å². The molecule has 0 saturated carbocycles. The van der Waals surface area contributed by atoms with E-state index in [-0.39, 0.29) is 24.3 Å². The first-order valence-electron chi connectivity index (χ1n) is 10.8. The maximum absolute atomic E-state index is 11.6. The Morgan fingerprint density at radius 1 is 0.875 bits per heavy atom. The minimum absolute atomic E-state index is 0.147. The highest BCUT2D eigenvalue weighted by molar-refractivity contribution is 5.76. The lowest BCUT2D eigenvalue weighted by atomic mass is 10.3. The molecule has 2 aliphatic rings. The van der Waals surface area contributed by atoms with Gasteiger partial charge in [-0.05, 0) is 0 Å². The first kappa shape index (κ1) is 23.5. The molecule has 0 aromatic carbocycles. The molecular weight excluding hydrogens is 416 g/mol. The second-order valence-electron chi connectivity index (χ2n) is 7.54. The van der Waals surface area contributed by atoms with E-state index in [0.717, 1.165) is 0 Å². The fraction of sp³-hybridized carbons (Fsp3) is 0.600. The fourth-order valence-corrected chi connectivity index (χ4v) is 3.50. The summed E-state index contributed by atoms with van der Waals surface area (Å²) in [7, 11) is 0. The summed E-state index contributed by atoms with van der Waals surface area (Å²) in [6.45, 7) is 7.17. The number of hydrogen-bond donors (Lipinski definition) is 2. The number of nitrogens with two attached hydrogens (primary N) is 2. The summed E-state index contributed by atoms with van der Waals surface area (Å²) in [5.41, 5.74) is 12.4. The van der Waals surface area contributed by atoms with Gasteiger partial charge in [0.1, 0.15) is 0 Å². The molecule has 0 aliphatic carbocycles. The number of aromatic nitrogens is 4. The molecule has 32 heavy (non-hydrogen) atoms. The molecule has 2 atom stereocenters. The van der Waals surface area contributed by atoms with Crippen molar-refractivity contribution in [2.75, 3.05) is 50.9 Å². The van der Waals surface area contributed by atoms with E-state index in [1.807, 2.05) is 13.8 Å². The van der Waals surface area contributed by atoms with Crippen LogP contribution in [0.15, 0.2) is 24.8 Å². The van der Waals surface area contributed by atoms with E-state index in [1.165, 1.54) is 0 Å². The normalized spacial score (nSPS) is 21.1. The summed E-state index contributed by atoms with van der Waals surface area (Å²) in [5, 5.41) is 8.18. The number of nitrogen functional groups attached to an aromatic ring is 2. The van der Waals surface area contributed by atoms with Crippen LogP contribution in [0, 0.1) is 0 Å². The van der Waals surface area contributed by atoms with Crippen molar-refractivity contribution < 1.29 is 19.1 Å². The Morgan fingerprint density at radius 3 is 1.59 bits per heavy atom. The summed E-state index contributed by atoms with van der Waals surface area (Å²) in [6, 6.07) is 0. The maximum atomic E-state index is 11.6. The summed E-state index contributed by atoms with van der Waals surface area (Å²) in [4.78, 5) is 26.7. The predicted octanol–water partition coefficient (Wildman–Crippen LogP) is 0.465. The van der Waals surface area contributed by atoms with E-state index >= 15 is 0 Å². The number of carbonyl (C=O) groups is 2. The van der Waals surface area contributed by atoms with Crippen molar-refractivity contribution in [2.24, 2.45) is 0 Å². The van der Waals surface area contributed by atoms with Gasteiger partial charge in [0.15, 0.2) is 12.5 Å². The van der Waals surface area contributed by atoms with Crippen LogP contribution in [0.3, 0.4) is 0 Å². The number of ether oxygens (including phenoxy) is 2. The largest absolute Gasteiger partial charge is 0.396 e. The van der Waals surface area contributed by atoms with Gasteiger partial charge in [0.2, 0.25) is 11.8 Å². The molecule has 2 amide bonds. The molecule has 0 radical (unpaired) electrons. The lowest BCUT2D eigenvalue weighted by Gasteiger charge is -2.32.